The number of fused-ring (bicyclic) bond motifs is 1. The molecule has 2 heterocycles. The van der Waals surface area contributed by atoms with Crippen molar-refractivity contribution in [3.8, 4) is 0 Å². The van der Waals surface area contributed by atoms with Crippen molar-refractivity contribution in [2.45, 2.75) is 12.8 Å². The Morgan fingerprint density at radius 2 is 1.85 bits per heavy atom. The van der Waals surface area contributed by atoms with Gasteiger partial charge in [-0.05, 0) is 30.2 Å². The first-order valence-corrected chi connectivity index (χ1v) is 6.60. The van der Waals surface area contributed by atoms with Crippen molar-refractivity contribution in [3.63, 3.8) is 0 Å². The van der Waals surface area contributed by atoms with E-state index in [1.54, 1.807) is 18.6 Å². The lowest BCUT2D eigenvalue weighted by molar-refractivity contribution is 0.0984. The van der Waals surface area contributed by atoms with Crippen LogP contribution >= 0.6 is 0 Å². The van der Waals surface area contributed by atoms with Crippen LogP contribution in [0.2, 0.25) is 0 Å². The van der Waals surface area contributed by atoms with E-state index in [4.69, 9.17) is 0 Å². The Hall–Kier alpha value is -2.55. The molecule has 2 aromatic heterocycles. The number of hydrogen-bond acceptors (Lipinski definition) is 3. The molecule has 3 heteroatoms. The molecule has 0 unspecified atom stereocenters. The first-order chi connectivity index (χ1) is 9.84. The quantitative estimate of drug-likeness (QED) is 0.676. The van der Waals surface area contributed by atoms with E-state index in [-0.39, 0.29) is 5.78 Å². The molecule has 0 N–H and O–H groups in total. The van der Waals surface area contributed by atoms with Crippen LogP contribution < -0.4 is 0 Å². The van der Waals surface area contributed by atoms with Gasteiger partial charge in [-0.3, -0.25) is 14.8 Å². The molecule has 98 valence electrons. The van der Waals surface area contributed by atoms with Crippen molar-refractivity contribution < 1.29 is 4.79 Å². The van der Waals surface area contributed by atoms with Gasteiger partial charge in [-0.1, -0.05) is 24.3 Å². The molecule has 0 amide bonds. The Balaban J connectivity index is 1.82. The Kier molecular flexibility index (Phi) is 3.50. The summed E-state index contributed by atoms with van der Waals surface area (Å²) in [5, 5.41) is 1.000. The molecule has 3 nitrogen and oxygen atoms in total. The number of carbonyl (C=O) groups excluding carboxylic acids is 1. The fourth-order valence-corrected chi connectivity index (χ4v) is 2.27. The van der Waals surface area contributed by atoms with Crippen LogP contribution in [0.25, 0.3) is 10.9 Å². The Labute approximate surface area is 117 Å². The van der Waals surface area contributed by atoms with Crippen LogP contribution in [0.4, 0.5) is 0 Å². The minimum atomic E-state index is 0.123. The van der Waals surface area contributed by atoms with Gasteiger partial charge in [0.25, 0.3) is 0 Å². The highest BCUT2D eigenvalue weighted by atomic mass is 16.1. The number of pyridine rings is 2. The maximum absolute atomic E-state index is 12.4. The average molecular weight is 262 g/mol. The smallest absolute Gasteiger partial charge is 0.165 e. The van der Waals surface area contributed by atoms with Gasteiger partial charge in [-0.15, -0.1) is 0 Å². The Bertz CT molecular complexity index is 733. The van der Waals surface area contributed by atoms with Gasteiger partial charge in [0.2, 0.25) is 0 Å². The number of nitrogens with zero attached hydrogens (tertiary/aromatic N) is 2. The van der Waals surface area contributed by atoms with Gasteiger partial charge in [0.05, 0.1) is 5.52 Å². The van der Waals surface area contributed by atoms with E-state index >= 15 is 0 Å². The van der Waals surface area contributed by atoms with Gasteiger partial charge in [0, 0.05) is 36.0 Å². The summed E-state index contributed by atoms with van der Waals surface area (Å²) in [5.74, 6) is 0.123. The summed E-state index contributed by atoms with van der Waals surface area (Å²) >= 11 is 0. The number of Topliss-reactive ketones (excluding diaryl/α,β-unsaturated/α-hetero) is 1. The predicted octanol–water partition coefficient (Wildman–Crippen LogP) is 3.45. The molecule has 0 saturated heterocycles. The summed E-state index contributed by atoms with van der Waals surface area (Å²) in [4.78, 5) is 20.8. The average Bonchev–Trinajstić information content (AvgIpc) is 2.53. The zero-order chi connectivity index (χ0) is 13.8. The number of para-hydroxylation sites is 1. The van der Waals surface area contributed by atoms with E-state index in [2.05, 4.69) is 9.97 Å². The summed E-state index contributed by atoms with van der Waals surface area (Å²) in [5.41, 5.74) is 2.56. The third-order valence-electron chi connectivity index (χ3n) is 3.30. The number of rotatable bonds is 4. The first kappa shape index (κ1) is 12.5. The maximum Gasteiger partial charge on any atom is 0.165 e. The highest BCUT2D eigenvalue weighted by molar-refractivity contribution is 6.06. The number of ketones is 1. The van der Waals surface area contributed by atoms with Crippen LogP contribution in [0.1, 0.15) is 22.3 Å². The van der Waals surface area contributed by atoms with Gasteiger partial charge >= 0.3 is 0 Å². The molecular formula is C17H14N2O. The van der Waals surface area contributed by atoms with Crippen LogP contribution in [-0.4, -0.2) is 15.8 Å². The van der Waals surface area contributed by atoms with E-state index in [1.165, 1.54) is 0 Å². The molecule has 0 bridgehead atoms. The zero-order valence-electron chi connectivity index (χ0n) is 11.0. The summed E-state index contributed by atoms with van der Waals surface area (Å²) < 4.78 is 0. The fraction of sp³-hybridized carbons (Fsp3) is 0.118. The van der Waals surface area contributed by atoms with E-state index in [1.807, 2.05) is 42.5 Å². The highest BCUT2D eigenvalue weighted by Crippen LogP contribution is 2.18. The predicted molar refractivity (Wildman–Crippen MR) is 78.6 cm³/mol. The fourth-order valence-electron chi connectivity index (χ4n) is 2.27. The third kappa shape index (κ3) is 2.57. The van der Waals surface area contributed by atoms with E-state index < -0.39 is 0 Å². The van der Waals surface area contributed by atoms with Gasteiger partial charge in [-0.25, -0.2) is 0 Å². The highest BCUT2D eigenvalue weighted by Gasteiger charge is 2.10. The van der Waals surface area contributed by atoms with Crippen LogP contribution in [0.5, 0.6) is 0 Å². The zero-order valence-corrected chi connectivity index (χ0v) is 11.0. The summed E-state index contributed by atoms with van der Waals surface area (Å²) in [6.45, 7) is 0. The lowest BCUT2D eigenvalue weighted by Crippen LogP contribution is -2.03. The molecular weight excluding hydrogens is 248 g/mol. The van der Waals surface area contributed by atoms with Crippen LogP contribution in [0.3, 0.4) is 0 Å². The van der Waals surface area contributed by atoms with Crippen molar-refractivity contribution in [1.82, 2.24) is 9.97 Å². The summed E-state index contributed by atoms with van der Waals surface area (Å²) in [6.07, 6.45) is 6.44. The molecule has 0 aliphatic carbocycles. The third-order valence-corrected chi connectivity index (χ3v) is 3.30. The largest absolute Gasteiger partial charge is 0.294 e. The first-order valence-electron chi connectivity index (χ1n) is 6.60. The lowest BCUT2D eigenvalue weighted by atomic mass is 10.0. The van der Waals surface area contributed by atoms with Gasteiger partial charge in [0.1, 0.15) is 0 Å². The number of carbonyl (C=O) groups is 1. The maximum atomic E-state index is 12.4. The van der Waals surface area contributed by atoms with Crippen molar-refractivity contribution in [1.29, 1.82) is 0 Å². The molecule has 0 spiro atoms. The van der Waals surface area contributed by atoms with Crippen LogP contribution in [-0.2, 0) is 6.42 Å². The Morgan fingerprint density at radius 1 is 1.00 bits per heavy atom. The van der Waals surface area contributed by atoms with Gasteiger partial charge in [0.15, 0.2) is 5.78 Å². The number of hydrogen-bond donors (Lipinski definition) is 0. The molecule has 0 aliphatic heterocycles. The minimum Gasteiger partial charge on any atom is -0.294 e. The molecule has 0 saturated carbocycles. The van der Waals surface area contributed by atoms with Crippen molar-refractivity contribution in [2.24, 2.45) is 0 Å². The van der Waals surface area contributed by atoms with Crippen LogP contribution in [0, 0.1) is 0 Å². The molecule has 0 aliphatic rings. The van der Waals surface area contributed by atoms with Crippen molar-refractivity contribution in [3.05, 3.63) is 72.2 Å². The van der Waals surface area contributed by atoms with Gasteiger partial charge < -0.3 is 0 Å². The molecule has 0 radical (unpaired) electrons. The minimum absolute atomic E-state index is 0.123. The van der Waals surface area contributed by atoms with E-state index in [0.717, 1.165) is 16.5 Å². The molecule has 0 fully saturated rings. The summed E-state index contributed by atoms with van der Waals surface area (Å²) in [6, 6.07) is 13.5. The second-order valence-electron chi connectivity index (χ2n) is 4.67. The van der Waals surface area contributed by atoms with E-state index in [0.29, 0.717) is 18.4 Å². The van der Waals surface area contributed by atoms with Crippen LogP contribution in [0.15, 0.2) is 61.1 Å². The lowest BCUT2D eigenvalue weighted by Gasteiger charge is -2.05. The Morgan fingerprint density at radius 3 is 2.70 bits per heavy atom. The van der Waals surface area contributed by atoms with E-state index in [9.17, 15) is 4.79 Å². The molecule has 1 aromatic carbocycles. The standard InChI is InChI=1S/C17H14N2O/c20-16(9-8-13-4-2-10-18-12-13)15-7-1-5-14-6-3-11-19-17(14)15/h1-7,10-12H,8-9H2. The second-order valence-corrected chi connectivity index (χ2v) is 4.67. The topological polar surface area (TPSA) is 42.9 Å². The monoisotopic (exact) mass is 262 g/mol. The second kappa shape index (κ2) is 5.61. The normalized spacial score (nSPS) is 10.6. The molecule has 20 heavy (non-hydrogen) atoms. The number of aryl methyl sites for hydroxylation is 1. The summed E-state index contributed by atoms with van der Waals surface area (Å²) in [7, 11) is 0. The SMILES string of the molecule is O=C(CCc1cccnc1)c1cccc2cccnc12. The molecule has 3 rings (SSSR count). The number of benzene rings is 1. The van der Waals surface area contributed by atoms with Crippen molar-refractivity contribution >= 4 is 16.7 Å². The molecule has 3 aromatic rings. The molecule has 0 atom stereocenters. The van der Waals surface area contributed by atoms with Crippen molar-refractivity contribution in [2.75, 3.05) is 0 Å². The number of aromatic nitrogens is 2. The van der Waals surface area contributed by atoms with Gasteiger partial charge in [-0.2, -0.15) is 0 Å².